The van der Waals surface area contributed by atoms with Gasteiger partial charge in [0.1, 0.15) is 11.5 Å². The molecule has 1 aliphatic heterocycles. The number of hydrogen-bond acceptors (Lipinski definition) is 6. The fourth-order valence-corrected chi connectivity index (χ4v) is 4.61. The number of alkyl halides is 2. The van der Waals surface area contributed by atoms with Crippen molar-refractivity contribution in [2.24, 2.45) is 0 Å². The molecule has 1 amide bonds. The number of imidazole rings is 1. The third-order valence-corrected chi connectivity index (χ3v) is 6.39. The predicted octanol–water partition coefficient (Wildman–Crippen LogP) is 4.42. The van der Waals surface area contributed by atoms with E-state index in [0.29, 0.717) is 53.8 Å². The predicted molar refractivity (Wildman–Crippen MR) is 128 cm³/mol. The van der Waals surface area contributed by atoms with Crippen LogP contribution in [0.1, 0.15) is 40.9 Å². The largest absolute Gasteiger partial charge is 0.464 e. The second kappa shape index (κ2) is 9.44. The first kappa shape index (κ1) is 23.5. The number of benzene rings is 1. The second-order valence-electron chi connectivity index (χ2n) is 8.43. The highest BCUT2D eigenvalue weighted by Crippen LogP contribution is 2.37. The first-order valence-electron chi connectivity index (χ1n) is 11.5. The number of pyridine rings is 2. The van der Waals surface area contributed by atoms with Crippen LogP contribution in [0.4, 0.5) is 8.78 Å². The maximum Gasteiger partial charge on any atom is 0.356 e. The minimum Gasteiger partial charge on any atom is -0.464 e. The van der Waals surface area contributed by atoms with Gasteiger partial charge in [-0.25, -0.2) is 28.5 Å². The summed E-state index contributed by atoms with van der Waals surface area (Å²) in [6.07, 6.45) is 0.0663. The molecule has 0 radical (unpaired) electrons. The Hall–Kier alpha value is -4.21. The summed E-state index contributed by atoms with van der Waals surface area (Å²) < 4.78 is 35.3. The zero-order chi connectivity index (χ0) is 25.4. The highest BCUT2D eigenvalue weighted by Gasteiger charge is 2.26. The summed E-state index contributed by atoms with van der Waals surface area (Å²) in [5.74, 6) is 0.271. The second-order valence-corrected chi connectivity index (χ2v) is 8.43. The van der Waals surface area contributed by atoms with Crippen LogP contribution < -0.4 is 0 Å². The Morgan fingerprint density at radius 3 is 2.67 bits per heavy atom. The van der Waals surface area contributed by atoms with Crippen LogP contribution in [0.2, 0.25) is 0 Å². The zero-order valence-corrected chi connectivity index (χ0v) is 19.7. The van der Waals surface area contributed by atoms with E-state index in [1.807, 2.05) is 19.1 Å². The van der Waals surface area contributed by atoms with Crippen molar-refractivity contribution in [2.45, 2.75) is 32.9 Å². The van der Waals surface area contributed by atoms with Gasteiger partial charge in [-0.05, 0) is 24.3 Å². The number of rotatable bonds is 6. The number of halogens is 2. The molecule has 1 aromatic carbocycles. The molecule has 5 rings (SSSR count). The molecule has 0 fully saturated rings. The number of carbonyl (C=O) groups excluding carboxylic acids is 2. The van der Waals surface area contributed by atoms with E-state index >= 15 is 0 Å². The molecule has 1 aliphatic rings. The van der Waals surface area contributed by atoms with Crippen LogP contribution in [0, 0.1) is 0 Å². The number of nitrogens with zero attached hydrogens (tertiary/aromatic N) is 5. The topological polar surface area (TPSA) is 90.2 Å². The Labute approximate surface area is 205 Å². The SMILES string of the molecule is CCc1nc(-c2cccc3nc(-c4ccc(C(=O)OC)nc4)c(C(F)F)cc23)c2n1CCN(C=O)C2. The molecule has 8 nitrogen and oxygen atoms in total. The van der Waals surface area contributed by atoms with Crippen molar-refractivity contribution in [1.29, 1.82) is 0 Å². The molecule has 4 heterocycles. The van der Waals surface area contributed by atoms with Crippen LogP contribution in [0.5, 0.6) is 0 Å². The molecular formula is C26H23F2N5O3. The number of hydrogen-bond donors (Lipinski definition) is 0. The van der Waals surface area contributed by atoms with Crippen molar-refractivity contribution in [2.75, 3.05) is 13.7 Å². The van der Waals surface area contributed by atoms with Crippen molar-refractivity contribution in [3.05, 3.63) is 65.4 Å². The number of aromatic nitrogens is 4. The van der Waals surface area contributed by atoms with Gasteiger partial charge in [0.2, 0.25) is 6.41 Å². The number of aryl methyl sites for hydroxylation is 1. The van der Waals surface area contributed by atoms with Gasteiger partial charge >= 0.3 is 5.97 Å². The number of esters is 1. The Kier molecular flexibility index (Phi) is 6.17. The zero-order valence-electron chi connectivity index (χ0n) is 19.7. The summed E-state index contributed by atoms with van der Waals surface area (Å²) in [5, 5.41) is 0.544. The van der Waals surface area contributed by atoms with E-state index in [-0.39, 0.29) is 17.0 Å². The van der Waals surface area contributed by atoms with Gasteiger partial charge < -0.3 is 14.2 Å². The van der Waals surface area contributed by atoms with Gasteiger partial charge in [0.05, 0.1) is 36.3 Å². The fourth-order valence-electron chi connectivity index (χ4n) is 4.61. The molecule has 184 valence electrons. The van der Waals surface area contributed by atoms with Gasteiger partial charge in [-0.15, -0.1) is 0 Å². The van der Waals surface area contributed by atoms with Crippen LogP contribution in [-0.2, 0) is 29.0 Å². The van der Waals surface area contributed by atoms with E-state index in [2.05, 4.69) is 19.3 Å². The number of fused-ring (bicyclic) bond motifs is 2. The van der Waals surface area contributed by atoms with Crippen LogP contribution in [0.3, 0.4) is 0 Å². The summed E-state index contributed by atoms with van der Waals surface area (Å²) >= 11 is 0. The summed E-state index contributed by atoms with van der Waals surface area (Å²) in [7, 11) is 1.24. The van der Waals surface area contributed by atoms with Crippen molar-refractivity contribution in [3.8, 4) is 22.5 Å². The molecule has 0 spiro atoms. The number of ether oxygens (including phenoxy) is 1. The van der Waals surface area contributed by atoms with Gasteiger partial charge in [-0.2, -0.15) is 0 Å². The van der Waals surface area contributed by atoms with E-state index < -0.39 is 12.4 Å². The van der Waals surface area contributed by atoms with Gasteiger partial charge in [0.15, 0.2) is 0 Å². The summed E-state index contributed by atoms with van der Waals surface area (Å²) in [6.45, 7) is 3.64. The molecule has 3 aromatic heterocycles. The molecule has 4 aromatic rings. The molecule has 0 atom stereocenters. The maximum absolute atomic E-state index is 14.3. The maximum atomic E-state index is 14.3. The Morgan fingerprint density at radius 1 is 1.17 bits per heavy atom. The van der Waals surface area contributed by atoms with E-state index in [0.717, 1.165) is 17.9 Å². The third kappa shape index (κ3) is 3.98. The van der Waals surface area contributed by atoms with Crippen LogP contribution in [0.25, 0.3) is 33.4 Å². The molecule has 0 bridgehead atoms. The average Bonchev–Trinajstić information content (AvgIpc) is 3.29. The Balaban J connectivity index is 1.68. The normalized spacial score (nSPS) is 13.2. The standard InChI is InChI=1S/C26H23F2N5O3/c1-3-22-31-24(21-13-32(14-34)9-10-33(21)22)16-5-4-6-19-17(16)11-18(25(27)28)23(30-19)15-7-8-20(29-12-15)26(35)36-2/h4-8,11-12,14,25H,3,9-10,13H2,1-2H3. The van der Waals surface area contributed by atoms with E-state index in [1.165, 1.54) is 31.5 Å². The first-order valence-corrected chi connectivity index (χ1v) is 11.5. The third-order valence-electron chi connectivity index (χ3n) is 6.39. The van der Waals surface area contributed by atoms with Gasteiger partial charge in [0, 0.05) is 47.8 Å². The van der Waals surface area contributed by atoms with E-state index in [9.17, 15) is 18.4 Å². The quantitative estimate of drug-likeness (QED) is 0.293. The minimum absolute atomic E-state index is 0.0728. The number of carbonyl (C=O) groups is 2. The first-order chi connectivity index (χ1) is 17.4. The number of methoxy groups -OCH3 is 1. The van der Waals surface area contributed by atoms with Crippen LogP contribution >= 0.6 is 0 Å². The van der Waals surface area contributed by atoms with Crippen LogP contribution in [0.15, 0.2) is 42.6 Å². The smallest absolute Gasteiger partial charge is 0.356 e. The van der Waals surface area contributed by atoms with Crippen molar-refractivity contribution < 1.29 is 23.1 Å². The summed E-state index contributed by atoms with van der Waals surface area (Å²) in [5.41, 5.74) is 3.03. The Bertz CT molecular complexity index is 1470. The molecule has 10 heteroatoms. The highest BCUT2D eigenvalue weighted by molar-refractivity contribution is 5.96. The summed E-state index contributed by atoms with van der Waals surface area (Å²) in [6, 6.07) is 9.80. The van der Waals surface area contributed by atoms with Crippen molar-refractivity contribution in [3.63, 3.8) is 0 Å². The molecule has 0 saturated carbocycles. The molecule has 0 N–H and O–H groups in total. The van der Waals surface area contributed by atoms with Crippen molar-refractivity contribution in [1.82, 2.24) is 24.4 Å². The fraction of sp³-hybridized carbons (Fsp3) is 0.269. The molecule has 0 unspecified atom stereocenters. The average molecular weight is 491 g/mol. The Morgan fingerprint density at radius 2 is 2.00 bits per heavy atom. The molecule has 36 heavy (non-hydrogen) atoms. The van der Waals surface area contributed by atoms with E-state index in [1.54, 1.807) is 11.0 Å². The van der Waals surface area contributed by atoms with Gasteiger partial charge in [-0.1, -0.05) is 19.1 Å². The molecule has 0 saturated heterocycles. The number of amides is 1. The monoisotopic (exact) mass is 491 g/mol. The molecular weight excluding hydrogens is 468 g/mol. The van der Waals surface area contributed by atoms with Gasteiger partial charge in [-0.3, -0.25) is 4.79 Å². The lowest BCUT2D eigenvalue weighted by molar-refractivity contribution is -0.119. The minimum atomic E-state index is -2.79. The highest BCUT2D eigenvalue weighted by atomic mass is 19.3. The molecule has 0 aliphatic carbocycles. The van der Waals surface area contributed by atoms with Crippen molar-refractivity contribution >= 4 is 23.3 Å². The van der Waals surface area contributed by atoms with Gasteiger partial charge in [0.25, 0.3) is 6.43 Å². The lowest BCUT2D eigenvalue weighted by atomic mass is 9.99. The lowest BCUT2D eigenvalue weighted by Gasteiger charge is -2.26. The van der Waals surface area contributed by atoms with E-state index in [4.69, 9.17) is 4.98 Å². The van der Waals surface area contributed by atoms with Crippen LogP contribution in [-0.4, -0.2) is 50.5 Å². The lowest BCUT2D eigenvalue weighted by Crippen LogP contribution is -2.33. The summed E-state index contributed by atoms with van der Waals surface area (Å²) in [4.78, 5) is 38.3.